The number of hydrogen-bond acceptors (Lipinski definition) is 4. The summed E-state index contributed by atoms with van der Waals surface area (Å²) in [6.07, 6.45) is 0.561. The van der Waals surface area contributed by atoms with Crippen molar-refractivity contribution in [3.8, 4) is 11.2 Å². The van der Waals surface area contributed by atoms with Crippen LogP contribution in [0.2, 0.25) is 0 Å². The quantitative estimate of drug-likeness (QED) is 0.671. The summed E-state index contributed by atoms with van der Waals surface area (Å²) in [5.41, 5.74) is 3.85. The van der Waals surface area contributed by atoms with Gasteiger partial charge in [-0.2, -0.15) is 5.26 Å². The first kappa shape index (κ1) is 16.4. The van der Waals surface area contributed by atoms with Gasteiger partial charge in [-0.05, 0) is 35.4 Å². The topological polar surface area (TPSA) is 53.2 Å². The van der Waals surface area contributed by atoms with E-state index in [2.05, 4.69) is 17.5 Å². The predicted molar refractivity (Wildman–Crippen MR) is 105 cm³/mol. The van der Waals surface area contributed by atoms with Crippen molar-refractivity contribution in [1.29, 1.82) is 5.26 Å². The van der Waals surface area contributed by atoms with E-state index in [0.29, 0.717) is 12.2 Å². The minimum absolute atomic E-state index is 0.175. The van der Waals surface area contributed by atoms with Crippen molar-refractivity contribution in [2.45, 2.75) is 22.9 Å². The van der Waals surface area contributed by atoms with E-state index in [1.165, 1.54) is 0 Å². The fraction of sp³-hybridized carbons (Fsp3) is 0.174. The summed E-state index contributed by atoms with van der Waals surface area (Å²) in [5.74, 6) is -1.08. The number of nitriles is 1. The van der Waals surface area contributed by atoms with Gasteiger partial charge in [0, 0.05) is 17.0 Å². The number of fused-ring (bicyclic) bond motifs is 4. The summed E-state index contributed by atoms with van der Waals surface area (Å²) < 4.78 is 5.40. The van der Waals surface area contributed by atoms with Crippen molar-refractivity contribution < 1.29 is 9.84 Å². The Labute approximate surface area is 162 Å². The summed E-state index contributed by atoms with van der Waals surface area (Å²) >= 11 is 1.12. The van der Waals surface area contributed by atoms with Crippen LogP contribution in [0.5, 0.6) is 5.75 Å². The van der Waals surface area contributed by atoms with Gasteiger partial charge in [0.25, 0.3) is 5.79 Å². The van der Waals surface area contributed by atoms with Gasteiger partial charge in [0.05, 0.1) is 0 Å². The molecule has 1 aliphatic carbocycles. The van der Waals surface area contributed by atoms with E-state index in [1.54, 1.807) is 0 Å². The molecule has 5 rings (SSSR count). The van der Waals surface area contributed by atoms with Crippen LogP contribution in [0.25, 0.3) is 0 Å². The number of para-hydroxylation sites is 1. The van der Waals surface area contributed by atoms with E-state index >= 15 is 0 Å². The maximum Gasteiger partial charge on any atom is 0.252 e. The highest BCUT2D eigenvalue weighted by atomic mass is 32.2. The molecule has 4 heteroatoms. The molecule has 3 unspecified atom stereocenters. The number of hydrogen-bond donors (Lipinski definition) is 1. The van der Waals surface area contributed by atoms with Crippen LogP contribution in [0.1, 0.15) is 28.2 Å². The molecule has 1 heterocycles. The lowest BCUT2D eigenvalue weighted by molar-refractivity contribution is -0.177. The van der Waals surface area contributed by atoms with Crippen LogP contribution in [-0.4, -0.2) is 9.85 Å². The van der Waals surface area contributed by atoms with Crippen LogP contribution < -0.4 is 4.74 Å². The first-order valence-electron chi connectivity index (χ1n) is 8.90. The molecule has 1 aliphatic heterocycles. The number of rotatable bonds is 2. The highest BCUT2D eigenvalue weighted by molar-refractivity contribution is 8.05. The third-order valence-electron chi connectivity index (χ3n) is 5.72. The van der Waals surface area contributed by atoms with Gasteiger partial charge in [-0.3, -0.25) is 0 Å². The Kier molecular flexibility index (Phi) is 3.58. The molecule has 0 bridgehead atoms. The molecule has 0 spiro atoms. The number of ether oxygens (including phenoxy) is 1. The summed E-state index contributed by atoms with van der Waals surface area (Å²) in [7, 11) is 0. The second-order valence-corrected chi connectivity index (χ2v) is 8.16. The zero-order valence-corrected chi connectivity index (χ0v) is 15.3. The lowest BCUT2D eigenvalue weighted by atomic mass is 9.73. The first-order chi connectivity index (χ1) is 13.2. The number of aliphatic hydroxyl groups is 1. The number of thioether (sulfide) groups is 1. The molecule has 27 heavy (non-hydrogen) atoms. The van der Waals surface area contributed by atoms with Crippen molar-refractivity contribution in [3.05, 3.63) is 101 Å². The van der Waals surface area contributed by atoms with Crippen LogP contribution >= 0.6 is 11.8 Å². The van der Waals surface area contributed by atoms with Crippen molar-refractivity contribution >= 4 is 11.8 Å². The summed E-state index contributed by atoms with van der Waals surface area (Å²) in [5, 5.41) is 23.9. The molecule has 3 aromatic rings. The Morgan fingerprint density at radius 2 is 1.67 bits per heavy atom. The van der Waals surface area contributed by atoms with E-state index in [-0.39, 0.29) is 5.92 Å². The Hall–Kier alpha value is -2.74. The van der Waals surface area contributed by atoms with E-state index in [4.69, 9.17) is 4.74 Å². The largest absolute Gasteiger partial charge is 0.456 e. The molecule has 0 radical (unpaired) electrons. The normalized spacial score (nSPS) is 27.6. The van der Waals surface area contributed by atoms with Crippen molar-refractivity contribution in [3.63, 3.8) is 0 Å². The molecular weight excluding hydrogens is 354 g/mol. The van der Waals surface area contributed by atoms with Gasteiger partial charge in [0.15, 0.2) is 0 Å². The SMILES string of the molecule is N#CSC12Cc3ccccc3C1(O)Oc1ccccc1C2c1ccccc1. The second kappa shape index (κ2) is 5.88. The van der Waals surface area contributed by atoms with Crippen molar-refractivity contribution in [2.75, 3.05) is 0 Å². The number of thiocyanates is 1. The summed E-state index contributed by atoms with van der Waals surface area (Å²) in [4.78, 5) is 0. The highest BCUT2D eigenvalue weighted by Gasteiger charge is 2.67. The van der Waals surface area contributed by atoms with Crippen LogP contribution in [-0.2, 0) is 12.2 Å². The lowest BCUT2D eigenvalue weighted by Crippen LogP contribution is -2.57. The second-order valence-electron chi connectivity index (χ2n) is 7.04. The number of benzene rings is 3. The van der Waals surface area contributed by atoms with Crippen molar-refractivity contribution in [2.24, 2.45) is 0 Å². The average Bonchev–Trinajstić information content (AvgIpc) is 2.95. The Morgan fingerprint density at radius 1 is 0.963 bits per heavy atom. The van der Waals surface area contributed by atoms with Crippen LogP contribution in [0.4, 0.5) is 0 Å². The minimum atomic E-state index is -1.57. The van der Waals surface area contributed by atoms with Gasteiger partial charge >= 0.3 is 0 Å². The Morgan fingerprint density at radius 3 is 2.48 bits per heavy atom. The standard InChI is InChI=1S/C23H17NO2S/c24-15-27-22-14-17-10-4-6-12-19(17)23(22,25)26-20-13-7-5-11-18(20)21(22)16-8-2-1-3-9-16/h1-13,21,25H,14H2. The molecule has 0 saturated carbocycles. The van der Waals surface area contributed by atoms with Gasteiger partial charge in [-0.15, -0.1) is 0 Å². The van der Waals surface area contributed by atoms with Crippen LogP contribution in [0.15, 0.2) is 78.9 Å². The third-order valence-corrected chi connectivity index (χ3v) is 6.84. The lowest BCUT2D eigenvalue weighted by Gasteiger charge is -2.49. The van der Waals surface area contributed by atoms with Gasteiger partial charge in [0.1, 0.15) is 15.9 Å². The Bertz CT molecular complexity index is 1060. The van der Waals surface area contributed by atoms with E-state index in [0.717, 1.165) is 34.0 Å². The Balaban J connectivity index is 1.84. The van der Waals surface area contributed by atoms with Gasteiger partial charge in [0.2, 0.25) is 0 Å². The molecule has 0 amide bonds. The summed E-state index contributed by atoms with van der Waals surface area (Å²) in [6.45, 7) is 0. The van der Waals surface area contributed by atoms with Gasteiger partial charge in [-0.1, -0.05) is 72.8 Å². The van der Waals surface area contributed by atoms with E-state index < -0.39 is 10.5 Å². The first-order valence-corrected chi connectivity index (χ1v) is 9.72. The zero-order chi connectivity index (χ0) is 18.5. The van der Waals surface area contributed by atoms with E-state index in [1.807, 2.05) is 66.7 Å². The maximum absolute atomic E-state index is 11.9. The molecular formula is C23H17NO2S. The number of nitrogens with zero attached hydrogens (tertiary/aromatic N) is 1. The minimum Gasteiger partial charge on any atom is -0.456 e. The van der Waals surface area contributed by atoms with Crippen LogP contribution in [0, 0.1) is 10.7 Å². The van der Waals surface area contributed by atoms with Gasteiger partial charge < -0.3 is 9.84 Å². The molecule has 0 saturated heterocycles. The molecule has 1 N–H and O–H groups in total. The van der Waals surface area contributed by atoms with Crippen molar-refractivity contribution in [1.82, 2.24) is 0 Å². The molecule has 0 aromatic heterocycles. The average molecular weight is 371 g/mol. The van der Waals surface area contributed by atoms with Gasteiger partial charge in [-0.25, -0.2) is 0 Å². The molecule has 3 atom stereocenters. The molecule has 2 aliphatic rings. The van der Waals surface area contributed by atoms with Crippen LogP contribution in [0.3, 0.4) is 0 Å². The predicted octanol–water partition coefficient (Wildman–Crippen LogP) is 4.57. The van der Waals surface area contributed by atoms with E-state index in [9.17, 15) is 10.4 Å². The third kappa shape index (κ3) is 2.13. The molecule has 3 nitrogen and oxygen atoms in total. The monoisotopic (exact) mass is 371 g/mol. The fourth-order valence-electron chi connectivity index (χ4n) is 4.64. The fourth-order valence-corrected chi connectivity index (χ4v) is 5.70. The molecule has 3 aromatic carbocycles. The molecule has 132 valence electrons. The zero-order valence-electron chi connectivity index (χ0n) is 14.5. The smallest absolute Gasteiger partial charge is 0.252 e. The summed E-state index contributed by atoms with van der Waals surface area (Å²) in [6, 6.07) is 25.7. The highest BCUT2D eigenvalue weighted by Crippen LogP contribution is 2.64. The maximum atomic E-state index is 11.9. The molecule has 0 fully saturated rings.